The van der Waals surface area contributed by atoms with Crippen LogP contribution in [0.25, 0.3) is 0 Å². The molecule has 24 heavy (non-hydrogen) atoms. The first kappa shape index (κ1) is 18.5. The molecule has 1 saturated carbocycles. The van der Waals surface area contributed by atoms with Crippen LogP contribution in [0.3, 0.4) is 0 Å². The van der Waals surface area contributed by atoms with Gasteiger partial charge in [-0.05, 0) is 43.9 Å². The van der Waals surface area contributed by atoms with E-state index in [0.717, 1.165) is 32.4 Å². The molecule has 3 rings (SSSR count). The summed E-state index contributed by atoms with van der Waals surface area (Å²) in [6, 6.07) is 5.02. The number of nitrogens with zero attached hydrogens (tertiary/aromatic N) is 1. The second-order valence-corrected chi connectivity index (χ2v) is 6.46. The number of nitro groups is 1. The monoisotopic (exact) mass is 354 g/mol. The van der Waals surface area contributed by atoms with Crippen LogP contribution in [0.5, 0.6) is 0 Å². The zero-order valence-electron chi connectivity index (χ0n) is 13.6. The van der Waals surface area contributed by atoms with Gasteiger partial charge in [0.25, 0.3) is 11.6 Å². The van der Waals surface area contributed by atoms with Gasteiger partial charge in [0.15, 0.2) is 0 Å². The number of carbonyl (C=O) groups excluding carboxylic acids is 1. The van der Waals surface area contributed by atoms with Crippen LogP contribution in [0.1, 0.15) is 36.5 Å². The molecule has 8 heteroatoms. The highest BCUT2D eigenvalue weighted by Crippen LogP contribution is 2.31. The second-order valence-electron chi connectivity index (χ2n) is 6.46. The average molecular weight is 355 g/mol. The molecule has 0 aromatic heterocycles. The molecule has 2 aliphatic rings. The van der Waals surface area contributed by atoms with Gasteiger partial charge < -0.3 is 16.0 Å². The second kappa shape index (κ2) is 7.81. The Labute approximate surface area is 147 Å². The van der Waals surface area contributed by atoms with Crippen molar-refractivity contribution >= 4 is 29.7 Å². The van der Waals surface area contributed by atoms with E-state index in [-0.39, 0.29) is 30.0 Å². The van der Waals surface area contributed by atoms with Crippen molar-refractivity contribution in [2.75, 3.05) is 18.4 Å². The summed E-state index contributed by atoms with van der Waals surface area (Å²) in [6.07, 6.45) is 3.08. The lowest BCUT2D eigenvalue weighted by Gasteiger charge is -2.30. The fourth-order valence-corrected chi connectivity index (χ4v) is 2.83. The standard InChI is InChI=1S/C16H22N4O3.ClH/c1-10-6-7-17-9-14(10)19-16(21)11-2-5-13(18-12-3-4-12)15(8-11)20(22)23;/h2,5,8,10,12,14,17-18H,3-4,6-7,9H2,1H3,(H,19,21);1H. The molecule has 1 heterocycles. The third kappa shape index (κ3) is 4.36. The summed E-state index contributed by atoms with van der Waals surface area (Å²) in [7, 11) is 0. The lowest BCUT2D eigenvalue weighted by molar-refractivity contribution is -0.384. The van der Waals surface area contributed by atoms with E-state index in [2.05, 4.69) is 22.9 Å². The predicted octanol–water partition coefficient (Wildman–Crippen LogP) is 2.32. The summed E-state index contributed by atoms with van der Waals surface area (Å²) >= 11 is 0. The van der Waals surface area contributed by atoms with Crippen LogP contribution in [0.2, 0.25) is 0 Å². The van der Waals surface area contributed by atoms with E-state index < -0.39 is 4.92 Å². The summed E-state index contributed by atoms with van der Waals surface area (Å²) in [5.41, 5.74) is 0.775. The van der Waals surface area contributed by atoms with Gasteiger partial charge in [-0.3, -0.25) is 14.9 Å². The minimum absolute atomic E-state index is 0. The average Bonchev–Trinajstić information content (AvgIpc) is 3.33. The van der Waals surface area contributed by atoms with Gasteiger partial charge in [0.05, 0.1) is 4.92 Å². The molecule has 0 spiro atoms. The lowest BCUT2D eigenvalue weighted by Crippen LogP contribution is -2.50. The number of hydrogen-bond donors (Lipinski definition) is 3. The number of amides is 1. The molecule has 1 aliphatic heterocycles. The number of anilines is 1. The van der Waals surface area contributed by atoms with Gasteiger partial charge in [-0.2, -0.15) is 0 Å². The molecule has 1 saturated heterocycles. The third-order valence-electron chi connectivity index (χ3n) is 4.54. The summed E-state index contributed by atoms with van der Waals surface area (Å²) in [5, 5.41) is 20.6. The first-order chi connectivity index (χ1) is 11.0. The van der Waals surface area contributed by atoms with E-state index in [1.165, 1.54) is 6.07 Å². The van der Waals surface area contributed by atoms with Crippen molar-refractivity contribution in [1.29, 1.82) is 0 Å². The predicted molar refractivity (Wildman–Crippen MR) is 94.9 cm³/mol. The maximum Gasteiger partial charge on any atom is 0.293 e. The first-order valence-electron chi connectivity index (χ1n) is 8.11. The molecule has 3 N–H and O–H groups in total. The zero-order chi connectivity index (χ0) is 16.4. The quantitative estimate of drug-likeness (QED) is 0.557. The molecule has 2 unspecified atom stereocenters. The van der Waals surface area contributed by atoms with Crippen LogP contribution in [0.4, 0.5) is 11.4 Å². The number of nitrogens with one attached hydrogen (secondary N) is 3. The Morgan fingerprint density at radius 2 is 2.08 bits per heavy atom. The first-order valence-corrected chi connectivity index (χ1v) is 8.11. The minimum Gasteiger partial charge on any atom is -0.377 e. The van der Waals surface area contributed by atoms with Crippen molar-refractivity contribution in [2.45, 2.75) is 38.3 Å². The minimum atomic E-state index is -0.438. The number of halogens is 1. The van der Waals surface area contributed by atoms with Gasteiger partial charge in [-0.25, -0.2) is 0 Å². The maximum absolute atomic E-state index is 12.4. The summed E-state index contributed by atoms with van der Waals surface area (Å²) in [6.45, 7) is 3.80. The molecule has 7 nitrogen and oxygen atoms in total. The highest BCUT2D eigenvalue weighted by molar-refractivity contribution is 5.96. The van der Waals surface area contributed by atoms with Gasteiger partial charge >= 0.3 is 0 Å². The molecular weight excluding hydrogens is 332 g/mol. The Morgan fingerprint density at radius 1 is 1.33 bits per heavy atom. The molecule has 1 aliphatic carbocycles. The van der Waals surface area contributed by atoms with Gasteiger partial charge in [0.2, 0.25) is 0 Å². The fourth-order valence-electron chi connectivity index (χ4n) is 2.83. The van der Waals surface area contributed by atoms with Crippen molar-refractivity contribution in [3.05, 3.63) is 33.9 Å². The highest BCUT2D eigenvalue weighted by Gasteiger charge is 2.27. The largest absolute Gasteiger partial charge is 0.377 e. The number of carbonyl (C=O) groups is 1. The Hall–Kier alpha value is -1.86. The number of piperidine rings is 1. The smallest absolute Gasteiger partial charge is 0.293 e. The van der Waals surface area contributed by atoms with E-state index >= 15 is 0 Å². The van der Waals surface area contributed by atoms with Gasteiger partial charge in [-0.1, -0.05) is 6.92 Å². The van der Waals surface area contributed by atoms with Crippen LogP contribution in [0.15, 0.2) is 18.2 Å². The Balaban J connectivity index is 0.00000208. The Bertz CT molecular complexity index is 621. The van der Waals surface area contributed by atoms with E-state index in [4.69, 9.17) is 0 Å². The molecule has 1 aromatic rings. The molecular formula is C16H23ClN4O3. The molecule has 132 valence electrons. The normalized spacial score (nSPS) is 23.0. The van der Waals surface area contributed by atoms with Crippen molar-refractivity contribution in [1.82, 2.24) is 10.6 Å². The van der Waals surface area contributed by atoms with E-state index in [1.54, 1.807) is 12.1 Å². The Kier molecular flexibility index (Phi) is 6.01. The van der Waals surface area contributed by atoms with E-state index in [9.17, 15) is 14.9 Å². The van der Waals surface area contributed by atoms with Gasteiger partial charge in [0, 0.05) is 30.3 Å². The van der Waals surface area contributed by atoms with Crippen molar-refractivity contribution < 1.29 is 9.72 Å². The molecule has 1 amide bonds. The van der Waals surface area contributed by atoms with Crippen LogP contribution in [-0.2, 0) is 0 Å². The van der Waals surface area contributed by atoms with Gasteiger partial charge in [-0.15, -0.1) is 12.4 Å². The number of rotatable bonds is 5. The number of nitro benzene ring substituents is 1. The van der Waals surface area contributed by atoms with Crippen LogP contribution < -0.4 is 16.0 Å². The third-order valence-corrected chi connectivity index (χ3v) is 4.54. The van der Waals surface area contributed by atoms with Crippen molar-refractivity contribution in [3.63, 3.8) is 0 Å². The van der Waals surface area contributed by atoms with Crippen LogP contribution >= 0.6 is 12.4 Å². The molecule has 1 aromatic carbocycles. The zero-order valence-corrected chi connectivity index (χ0v) is 14.4. The molecule has 2 fully saturated rings. The van der Waals surface area contributed by atoms with Crippen molar-refractivity contribution in [3.8, 4) is 0 Å². The van der Waals surface area contributed by atoms with Crippen LogP contribution in [0, 0.1) is 16.0 Å². The summed E-state index contributed by atoms with van der Waals surface area (Å²) < 4.78 is 0. The molecule has 0 radical (unpaired) electrons. The van der Waals surface area contributed by atoms with Gasteiger partial charge in [0.1, 0.15) is 5.69 Å². The van der Waals surface area contributed by atoms with Crippen LogP contribution in [-0.4, -0.2) is 36.0 Å². The van der Waals surface area contributed by atoms with E-state index in [0.29, 0.717) is 23.2 Å². The molecule has 2 atom stereocenters. The molecule has 0 bridgehead atoms. The van der Waals surface area contributed by atoms with E-state index in [1.807, 2.05) is 0 Å². The number of hydrogen-bond acceptors (Lipinski definition) is 5. The topological polar surface area (TPSA) is 96.3 Å². The SMILES string of the molecule is CC1CCNCC1NC(=O)c1ccc(NC2CC2)c([N+](=O)[O-])c1.Cl. The fraction of sp³-hybridized carbons (Fsp3) is 0.562. The van der Waals surface area contributed by atoms with Crippen molar-refractivity contribution in [2.24, 2.45) is 5.92 Å². The maximum atomic E-state index is 12.4. The number of benzene rings is 1. The Morgan fingerprint density at radius 3 is 2.71 bits per heavy atom. The lowest BCUT2D eigenvalue weighted by atomic mass is 9.94. The summed E-state index contributed by atoms with van der Waals surface area (Å²) in [5.74, 6) is 0.137. The highest BCUT2D eigenvalue weighted by atomic mass is 35.5. The summed E-state index contributed by atoms with van der Waals surface area (Å²) in [4.78, 5) is 23.2.